The number of hydrogen-bond acceptors (Lipinski definition) is 3. The summed E-state index contributed by atoms with van der Waals surface area (Å²) in [6.07, 6.45) is 0.817. The van der Waals surface area contributed by atoms with Gasteiger partial charge in [-0.15, -0.1) is 0 Å². The Bertz CT molecular complexity index is 686. The van der Waals surface area contributed by atoms with E-state index in [9.17, 15) is 14.0 Å². The molecule has 4 nitrogen and oxygen atoms in total. The third-order valence-electron chi connectivity index (χ3n) is 3.85. The van der Waals surface area contributed by atoms with E-state index >= 15 is 0 Å². The highest BCUT2D eigenvalue weighted by Crippen LogP contribution is 2.18. The zero-order valence-corrected chi connectivity index (χ0v) is 14.2. The molecule has 25 heavy (non-hydrogen) atoms. The quantitative estimate of drug-likeness (QED) is 0.749. The first kappa shape index (κ1) is 18.6. The van der Waals surface area contributed by atoms with Gasteiger partial charge in [-0.3, -0.25) is 9.59 Å². The van der Waals surface area contributed by atoms with Gasteiger partial charge in [-0.25, -0.2) is 4.39 Å². The molecular weight excluding hydrogens is 321 g/mol. The maximum atomic E-state index is 12.8. The second-order valence-corrected chi connectivity index (χ2v) is 5.90. The van der Waals surface area contributed by atoms with Crippen LogP contribution in [0.2, 0.25) is 0 Å². The number of nitrogens with one attached hydrogen (secondary N) is 1. The average Bonchev–Trinajstić information content (AvgIpc) is 2.62. The minimum Gasteiger partial charge on any atom is -0.456 e. The van der Waals surface area contributed by atoms with Crippen LogP contribution in [-0.4, -0.2) is 25.0 Å². The minimum atomic E-state index is -0.398. The van der Waals surface area contributed by atoms with Gasteiger partial charge in [0.25, 0.3) is 5.91 Å². The number of halogens is 1. The number of rotatable bonds is 8. The number of esters is 1. The number of ether oxygens (including phenoxy) is 1. The fourth-order valence-corrected chi connectivity index (χ4v) is 2.40. The molecule has 0 aliphatic carbocycles. The van der Waals surface area contributed by atoms with Gasteiger partial charge >= 0.3 is 5.97 Å². The van der Waals surface area contributed by atoms with Gasteiger partial charge in [0.05, 0.1) is 6.42 Å². The summed E-state index contributed by atoms with van der Waals surface area (Å²) in [6, 6.07) is 15.8. The summed E-state index contributed by atoms with van der Waals surface area (Å²) in [5.41, 5.74) is 1.98. The second kappa shape index (κ2) is 9.57. The Kier molecular flexibility index (Phi) is 7.14. The molecule has 0 fully saturated rings. The van der Waals surface area contributed by atoms with Crippen molar-refractivity contribution in [2.75, 3.05) is 13.2 Å². The Hall–Kier alpha value is -2.69. The molecule has 2 aromatic rings. The third-order valence-corrected chi connectivity index (χ3v) is 3.85. The zero-order valence-electron chi connectivity index (χ0n) is 14.2. The molecule has 132 valence electrons. The van der Waals surface area contributed by atoms with Gasteiger partial charge < -0.3 is 10.1 Å². The minimum absolute atomic E-state index is 0.0373. The van der Waals surface area contributed by atoms with Crippen LogP contribution in [0, 0.1) is 5.82 Å². The molecule has 0 radical (unpaired) electrons. The predicted molar refractivity (Wildman–Crippen MR) is 93.5 cm³/mol. The number of amides is 1. The monoisotopic (exact) mass is 343 g/mol. The number of carbonyl (C=O) groups is 2. The Labute approximate surface area is 147 Å². The summed E-state index contributed by atoms with van der Waals surface area (Å²) in [4.78, 5) is 23.5. The van der Waals surface area contributed by atoms with Gasteiger partial charge in [0.15, 0.2) is 6.61 Å². The Balaban J connectivity index is 1.64. The van der Waals surface area contributed by atoms with Gasteiger partial charge in [-0.1, -0.05) is 49.4 Å². The van der Waals surface area contributed by atoms with E-state index in [0.29, 0.717) is 13.0 Å². The molecule has 0 saturated carbocycles. The van der Waals surface area contributed by atoms with Crippen LogP contribution in [-0.2, 0) is 20.7 Å². The van der Waals surface area contributed by atoms with Crippen molar-refractivity contribution in [3.8, 4) is 0 Å². The lowest BCUT2D eigenvalue weighted by molar-refractivity contribution is -0.148. The second-order valence-electron chi connectivity index (χ2n) is 5.90. The Morgan fingerprint density at radius 2 is 1.76 bits per heavy atom. The van der Waals surface area contributed by atoms with Crippen LogP contribution in [0.4, 0.5) is 4.39 Å². The van der Waals surface area contributed by atoms with Crippen LogP contribution in [0.5, 0.6) is 0 Å². The summed E-state index contributed by atoms with van der Waals surface area (Å²) in [7, 11) is 0. The van der Waals surface area contributed by atoms with Gasteiger partial charge in [0.2, 0.25) is 0 Å². The number of benzene rings is 2. The lowest BCUT2D eigenvalue weighted by Gasteiger charge is -2.11. The van der Waals surface area contributed by atoms with Crippen molar-refractivity contribution in [1.82, 2.24) is 5.32 Å². The summed E-state index contributed by atoms with van der Waals surface area (Å²) in [6.45, 7) is 2.06. The van der Waals surface area contributed by atoms with Crippen molar-refractivity contribution in [3.63, 3.8) is 0 Å². The molecule has 0 saturated heterocycles. The van der Waals surface area contributed by atoms with E-state index in [2.05, 4.69) is 5.32 Å². The average molecular weight is 343 g/mol. The molecule has 0 spiro atoms. The van der Waals surface area contributed by atoms with E-state index in [1.165, 1.54) is 12.1 Å². The fourth-order valence-electron chi connectivity index (χ4n) is 2.40. The van der Waals surface area contributed by atoms with Crippen molar-refractivity contribution < 1.29 is 18.7 Å². The standard InChI is InChI=1S/C20H22FNO3/c1-15(17-5-3-2-4-6-17)13-20(24)25-14-19(23)22-12-11-16-7-9-18(21)10-8-16/h2-10,15H,11-14H2,1H3,(H,22,23)/t15-/m1/s1. The molecule has 2 rings (SSSR count). The summed E-state index contributed by atoms with van der Waals surface area (Å²) in [5.74, 6) is -0.993. The van der Waals surface area contributed by atoms with Crippen LogP contribution >= 0.6 is 0 Å². The van der Waals surface area contributed by atoms with Gasteiger partial charge in [0, 0.05) is 6.54 Å². The summed E-state index contributed by atoms with van der Waals surface area (Å²) < 4.78 is 17.8. The summed E-state index contributed by atoms with van der Waals surface area (Å²) >= 11 is 0. The molecule has 5 heteroatoms. The van der Waals surface area contributed by atoms with Crippen molar-refractivity contribution in [3.05, 3.63) is 71.5 Å². The molecule has 2 aromatic carbocycles. The topological polar surface area (TPSA) is 55.4 Å². The predicted octanol–water partition coefficient (Wildman–Crippen LogP) is 3.22. The van der Waals surface area contributed by atoms with Crippen LogP contribution in [0.15, 0.2) is 54.6 Å². The normalized spacial score (nSPS) is 11.6. The van der Waals surface area contributed by atoms with Crippen LogP contribution < -0.4 is 5.32 Å². The molecule has 1 atom stereocenters. The molecule has 1 N–H and O–H groups in total. The molecule has 0 unspecified atom stereocenters. The molecule has 0 aliphatic rings. The maximum Gasteiger partial charge on any atom is 0.306 e. The third kappa shape index (κ3) is 6.75. The summed E-state index contributed by atoms with van der Waals surface area (Å²) in [5, 5.41) is 2.68. The van der Waals surface area contributed by atoms with E-state index in [0.717, 1.165) is 11.1 Å². The molecule has 0 aromatic heterocycles. The Morgan fingerprint density at radius 3 is 2.44 bits per heavy atom. The number of hydrogen-bond donors (Lipinski definition) is 1. The zero-order chi connectivity index (χ0) is 18.1. The van der Waals surface area contributed by atoms with Crippen LogP contribution in [0.1, 0.15) is 30.4 Å². The van der Waals surface area contributed by atoms with E-state index in [1.807, 2.05) is 37.3 Å². The lowest BCUT2D eigenvalue weighted by Crippen LogP contribution is -2.30. The van der Waals surface area contributed by atoms with Gasteiger partial charge in [-0.2, -0.15) is 0 Å². The first-order chi connectivity index (χ1) is 12.0. The van der Waals surface area contributed by atoms with E-state index in [1.54, 1.807) is 12.1 Å². The highest BCUT2D eigenvalue weighted by atomic mass is 19.1. The molecule has 1 amide bonds. The lowest BCUT2D eigenvalue weighted by atomic mass is 9.98. The maximum absolute atomic E-state index is 12.8. The Morgan fingerprint density at radius 1 is 1.08 bits per heavy atom. The van der Waals surface area contributed by atoms with Crippen molar-refractivity contribution in [2.24, 2.45) is 0 Å². The smallest absolute Gasteiger partial charge is 0.306 e. The van der Waals surface area contributed by atoms with Crippen molar-refractivity contribution in [2.45, 2.75) is 25.7 Å². The molecule has 0 aliphatic heterocycles. The highest BCUT2D eigenvalue weighted by Gasteiger charge is 2.13. The fraction of sp³-hybridized carbons (Fsp3) is 0.300. The first-order valence-corrected chi connectivity index (χ1v) is 8.26. The van der Waals surface area contributed by atoms with Crippen molar-refractivity contribution in [1.29, 1.82) is 0 Å². The highest BCUT2D eigenvalue weighted by molar-refractivity contribution is 5.80. The van der Waals surface area contributed by atoms with E-state index < -0.39 is 5.97 Å². The molecular formula is C20H22FNO3. The van der Waals surface area contributed by atoms with E-state index in [4.69, 9.17) is 4.74 Å². The van der Waals surface area contributed by atoms with Crippen LogP contribution in [0.3, 0.4) is 0 Å². The molecule has 0 heterocycles. The van der Waals surface area contributed by atoms with Crippen molar-refractivity contribution >= 4 is 11.9 Å². The number of carbonyl (C=O) groups excluding carboxylic acids is 2. The van der Waals surface area contributed by atoms with Gasteiger partial charge in [-0.05, 0) is 35.6 Å². The van der Waals surface area contributed by atoms with E-state index in [-0.39, 0.29) is 30.7 Å². The van der Waals surface area contributed by atoms with Crippen LogP contribution in [0.25, 0.3) is 0 Å². The first-order valence-electron chi connectivity index (χ1n) is 8.26. The molecule has 0 bridgehead atoms. The SMILES string of the molecule is C[C@H](CC(=O)OCC(=O)NCCc1ccc(F)cc1)c1ccccc1. The van der Waals surface area contributed by atoms with Gasteiger partial charge in [0.1, 0.15) is 5.82 Å². The largest absolute Gasteiger partial charge is 0.456 e.